The van der Waals surface area contributed by atoms with Gasteiger partial charge in [0, 0.05) is 12.6 Å². The topological polar surface area (TPSA) is 58.2 Å². The average molecular weight is 310 g/mol. The summed E-state index contributed by atoms with van der Waals surface area (Å²) in [5.41, 5.74) is 1.42. The van der Waals surface area contributed by atoms with Crippen LogP contribution >= 0.6 is 0 Å². The lowest BCUT2D eigenvalue weighted by Crippen LogP contribution is -2.38. The van der Waals surface area contributed by atoms with Crippen LogP contribution in [0, 0.1) is 0 Å². The van der Waals surface area contributed by atoms with Gasteiger partial charge in [0.25, 0.3) is 0 Å². The summed E-state index contributed by atoms with van der Waals surface area (Å²) in [6, 6.07) is 11.2. The van der Waals surface area contributed by atoms with Crippen LogP contribution in [-0.2, 0) is 10.0 Å². The SMILES string of the molecule is CS(=O)(=O)NCCCN[C@@H]1CCCC[C@H]1c1ccccc1. The first-order chi connectivity index (χ1) is 10.1. The lowest BCUT2D eigenvalue weighted by Gasteiger charge is -2.33. The third-order valence-electron chi connectivity index (χ3n) is 4.12. The molecule has 21 heavy (non-hydrogen) atoms. The van der Waals surface area contributed by atoms with Crippen molar-refractivity contribution in [1.82, 2.24) is 10.0 Å². The zero-order valence-corrected chi connectivity index (χ0v) is 13.5. The molecular formula is C16H26N2O2S. The van der Waals surface area contributed by atoms with Gasteiger partial charge in [-0.25, -0.2) is 13.1 Å². The third kappa shape index (κ3) is 5.77. The second kappa shape index (κ2) is 7.92. The summed E-state index contributed by atoms with van der Waals surface area (Å²) in [6.45, 7) is 1.37. The van der Waals surface area contributed by atoms with Crippen molar-refractivity contribution in [2.75, 3.05) is 19.3 Å². The molecule has 0 bridgehead atoms. The number of hydrogen-bond acceptors (Lipinski definition) is 3. The molecule has 0 aromatic heterocycles. The summed E-state index contributed by atoms with van der Waals surface area (Å²) >= 11 is 0. The molecule has 2 rings (SSSR count). The van der Waals surface area contributed by atoms with Crippen LogP contribution in [0.2, 0.25) is 0 Å². The fourth-order valence-electron chi connectivity index (χ4n) is 3.11. The molecule has 0 radical (unpaired) electrons. The number of benzene rings is 1. The summed E-state index contributed by atoms with van der Waals surface area (Å²) in [6.07, 6.45) is 7.05. The summed E-state index contributed by atoms with van der Waals surface area (Å²) in [5.74, 6) is 0.586. The summed E-state index contributed by atoms with van der Waals surface area (Å²) in [4.78, 5) is 0. The Morgan fingerprint density at radius 3 is 2.52 bits per heavy atom. The van der Waals surface area contributed by atoms with Crippen molar-refractivity contribution in [1.29, 1.82) is 0 Å². The Hall–Kier alpha value is -0.910. The van der Waals surface area contributed by atoms with Gasteiger partial charge in [-0.15, -0.1) is 0 Å². The summed E-state index contributed by atoms with van der Waals surface area (Å²) < 4.78 is 24.5. The van der Waals surface area contributed by atoms with Crippen LogP contribution < -0.4 is 10.0 Å². The molecule has 0 aliphatic heterocycles. The van der Waals surface area contributed by atoms with Gasteiger partial charge in [-0.05, 0) is 37.3 Å². The van der Waals surface area contributed by atoms with E-state index in [4.69, 9.17) is 0 Å². The molecule has 5 heteroatoms. The standard InChI is InChI=1S/C16H26N2O2S/c1-21(19,20)18-13-7-12-17-16-11-6-5-10-15(16)14-8-3-2-4-9-14/h2-4,8-9,15-18H,5-7,10-13H2,1H3/t15-,16+/m0/s1. The fraction of sp³-hybridized carbons (Fsp3) is 0.625. The molecule has 0 unspecified atom stereocenters. The minimum absolute atomic E-state index is 0.508. The Morgan fingerprint density at radius 1 is 1.10 bits per heavy atom. The highest BCUT2D eigenvalue weighted by Gasteiger charge is 2.25. The van der Waals surface area contributed by atoms with E-state index in [9.17, 15) is 8.42 Å². The minimum Gasteiger partial charge on any atom is -0.313 e. The van der Waals surface area contributed by atoms with Crippen molar-refractivity contribution < 1.29 is 8.42 Å². The van der Waals surface area contributed by atoms with Crippen LogP contribution in [0.1, 0.15) is 43.6 Å². The Labute approximate surface area is 128 Å². The second-order valence-electron chi connectivity index (χ2n) is 5.88. The minimum atomic E-state index is -3.06. The number of sulfonamides is 1. The second-order valence-corrected chi connectivity index (χ2v) is 7.72. The van der Waals surface area contributed by atoms with E-state index < -0.39 is 10.0 Å². The van der Waals surface area contributed by atoms with Crippen LogP contribution in [0.5, 0.6) is 0 Å². The molecule has 118 valence electrons. The highest BCUT2D eigenvalue weighted by Crippen LogP contribution is 2.32. The van der Waals surface area contributed by atoms with E-state index in [1.165, 1.54) is 37.5 Å². The molecule has 1 aliphatic rings. The highest BCUT2D eigenvalue weighted by atomic mass is 32.2. The van der Waals surface area contributed by atoms with Gasteiger partial charge in [-0.1, -0.05) is 43.2 Å². The molecule has 1 aromatic carbocycles. The Bertz CT molecular complexity index is 516. The van der Waals surface area contributed by atoms with Gasteiger partial charge in [-0.3, -0.25) is 0 Å². The maximum atomic E-state index is 11.0. The molecule has 1 aliphatic carbocycles. The lowest BCUT2D eigenvalue weighted by molar-refractivity contribution is 0.327. The molecule has 1 fully saturated rings. The Balaban J connectivity index is 1.80. The predicted octanol–water partition coefficient (Wildman–Crippen LogP) is 2.24. The van der Waals surface area contributed by atoms with Gasteiger partial charge in [0.15, 0.2) is 0 Å². The first kappa shape index (κ1) is 16.5. The first-order valence-electron chi connectivity index (χ1n) is 7.79. The molecule has 4 nitrogen and oxygen atoms in total. The Kier molecular flexibility index (Phi) is 6.21. The Morgan fingerprint density at radius 2 is 1.81 bits per heavy atom. The summed E-state index contributed by atoms with van der Waals surface area (Å²) in [5, 5.41) is 3.62. The summed E-state index contributed by atoms with van der Waals surface area (Å²) in [7, 11) is -3.06. The number of rotatable bonds is 7. The van der Waals surface area contributed by atoms with Gasteiger partial charge in [-0.2, -0.15) is 0 Å². The molecule has 0 heterocycles. The van der Waals surface area contributed by atoms with Gasteiger partial charge >= 0.3 is 0 Å². The largest absolute Gasteiger partial charge is 0.313 e. The number of nitrogens with one attached hydrogen (secondary N) is 2. The van der Waals surface area contributed by atoms with E-state index in [1.807, 2.05) is 0 Å². The van der Waals surface area contributed by atoms with Crippen LogP contribution in [0.15, 0.2) is 30.3 Å². The molecule has 0 saturated heterocycles. The van der Waals surface area contributed by atoms with E-state index in [1.54, 1.807) is 0 Å². The molecule has 1 saturated carbocycles. The fourth-order valence-corrected chi connectivity index (χ4v) is 3.62. The van der Waals surface area contributed by atoms with Crippen LogP contribution in [0.3, 0.4) is 0 Å². The van der Waals surface area contributed by atoms with Crippen molar-refractivity contribution in [3.05, 3.63) is 35.9 Å². The van der Waals surface area contributed by atoms with E-state index in [0.717, 1.165) is 13.0 Å². The van der Waals surface area contributed by atoms with E-state index in [-0.39, 0.29) is 0 Å². The predicted molar refractivity (Wildman–Crippen MR) is 86.9 cm³/mol. The zero-order valence-electron chi connectivity index (χ0n) is 12.7. The third-order valence-corrected chi connectivity index (χ3v) is 4.85. The monoisotopic (exact) mass is 310 g/mol. The lowest BCUT2D eigenvalue weighted by atomic mass is 9.80. The molecular weight excluding hydrogens is 284 g/mol. The molecule has 2 atom stereocenters. The van der Waals surface area contributed by atoms with E-state index >= 15 is 0 Å². The average Bonchev–Trinajstić information content (AvgIpc) is 2.47. The van der Waals surface area contributed by atoms with Crippen LogP contribution in [0.4, 0.5) is 0 Å². The van der Waals surface area contributed by atoms with Gasteiger partial charge in [0.2, 0.25) is 10.0 Å². The van der Waals surface area contributed by atoms with Crippen molar-refractivity contribution >= 4 is 10.0 Å². The zero-order chi connectivity index (χ0) is 15.1. The van der Waals surface area contributed by atoms with E-state index in [2.05, 4.69) is 40.4 Å². The molecule has 0 amide bonds. The quantitative estimate of drug-likeness (QED) is 0.759. The van der Waals surface area contributed by atoms with Crippen molar-refractivity contribution in [2.45, 2.75) is 44.1 Å². The van der Waals surface area contributed by atoms with Crippen molar-refractivity contribution in [2.24, 2.45) is 0 Å². The van der Waals surface area contributed by atoms with Crippen molar-refractivity contribution in [3.63, 3.8) is 0 Å². The van der Waals surface area contributed by atoms with Gasteiger partial charge < -0.3 is 5.32 Å². The molecule has 0 spiro atoms. The smallest absolute Gasteiger partial charge is 0.208 e. The van der Waals surface area contributed by atoms with Crippen LogP contribution in [-0.4, -0.2) is 33.8 Å². The first-order valence-corrected chi connectivity index (χ1v) is 9.68. The van der Waals surface area contributed by atoms with Crippen molar-refractivity contribution in [3.8, 4) is 0 Å². The van der Waals surface area contributed by atoms with E-state index in [0.29, 0.717) is 18.5 Å². The maximum absolute atomic E-state index is 11.0. The normalized spacial score (nSPS) is 23.1. The maximum Gasteiger partial charge on any atom is 0.208 e. The van der Waals surface area contributed by atoms with Crippen LogP contribution in [0.25, 0.3) is 0 Å². The number of hydrogen-bond donors (Lipinski definition) is 2. The highest BCUT2D eigenvalue weighted by molar-refractivity contribution is 7.88. The van der Waals surface area contributed by atoms with Gasteiger partial charge in [0.1, 0.15) is 0 Å². The van der Waals surface area contributed by atoms with Gasteiger partial charge in [0.05, 0.1) is 6.26 Å². The molecule has 2 N–H and O–H groups in total. The molecule has 1 aromatic rings.